The van der Waals surface area contributed by atoms with E-state index in [2.05, 4.69) is 10.5 Å². The molecule has 0 aliphatic carbocycles. The minimum Gasteiger partial charge on any atom is -0.508 e. The number of aromatic hydroxyl groups is 1. The van der Waals surface area contributed by atoms with Gasteiger partial charge < -0.3 is 9.84 Å². The molecule has 132 valence electrons. The summed E-state index contributed by atoms with van der Waals surface area (Å²) in [7, 11) is 0. The van der Waals surface area contributed by atoms with E-state index in [-0.39, 0.29) is 18.3 Å². The molecule has 2 aromatic carbocycles. The van der Waals surface area contributed by atoms with Crippen LogP contribution in [0.2, 0.25) is 5.02 Å². The van der Waals surface area contributed by atoms with Gasteiger partial charge in [-0.1, -0.05) is 18.5 Å². The lowest BCUT2D eigenvalue weighted by Crippen LogP contribution is -2.26. The topological polar surface area (TPSA) is 70.9 Å². The van der Waals surface area contributed by atoms with Crippen LogP contribution in [0.15, 0.2) is 41.5 Å². The highest BCUT2D eigenvalue weighted by atomic mass is 35.5. The number of hydrogen-bond acceptors (Lipinski definition) is 4. The number of carbonyl (C=O) groups is 1. The molecule has 1 amide bonds. The third-order valence-corrected chi connectivity index (χ3v) is 4.23. The second-order valence-corrected chi connectivity index (χ2v) is 6.03. The average molecular weight is 361 g/mol. The summed E-state index contributed by atoms with van der Waals surface area (Å²) in [5.74, 6) is 0.424. The maximum Gasteiger partial charge on any atom is 0.277 e. The van der Waals surface area contributed by atoms with Gasteiger partial charge in [0.2, 0.25) is 0 Å². The molecular weight excluding hydrogens is 340 g/mol. The molecule has 0 saturated carbocycles. The first-order valence-corrected chi connectivity index (χ1v) is 8.32. The van der Waals surface area contributed by atoms with E-state index < -0.39 is 0 Å². The zero-order valence-electron chi connectivity index (χ0n) is 14.5. The molecule has 0 spiro atoms. The van der Waals surface area contributed by atoms with Gasteiger partial charge in [-0.15, -0.1) is 0 Å². The normalized spacial score (nSPS) is 11.3. The number of hydrazone groups is 1. The van der Waals surface area contributed by atoms with Crippen LogP contribution < -0.4 is 10.2 Å². The lowest BCUT2D eigenvalue weighted by Gasteiger charge is -2.10. The van der Waals surface area contributed by atoms with Crippen molar-refractivity contribution < 1.29 is 14.6 Å². The lowest BCUT2D eigenvalue weighted by atomic mass is 10.1. The molecule has 0 aliphatic heterocycles. The number of amides is 1. The zero-order valence-corrected chi connectivity index (χ0v) is 15.2. The molecule has 6 heteroatoms. The Bertz CT molecular complexity index is 763. The van der Waals surface area contributed by atoms with Gasteiger partial charge in [-0.3, -0.25) is 4.79 Å². The smallest absolute Gasteiger partial charge is 0.277 e. The van der Waals surface area contributed by atoms with Gasteiger partial charge in [0.1, 0.15) is 11.5 Å². The predicted octanol–water partition coefficient (Wildman–Crippen LogP) is 3.97. The van der Waals surface area contributed by atoms with Crippen molar-refractivity contribution in [3.05, 3.63) is 58.1 Å². The molecule has 25 heavy (non-hydrogen) atoms. The summed E-state index contributed by atoms with van der Waals surface area (Å²) >= 11 is 6.11. The Morgan fingerprint density at radius 2 is 1.80 bits per heavy atom. The van der Waals surface area contributed by atoms with Crippen molar-refractivity contribution >= 4 is 23.2 Å². The number of phenols is 1. The Labute approximate surface area is 152 Å². The highest BCUT2D eigenvalue weighted by molar-refractivity contribution is 6.32. The number of nitrogens with zero attached hydrogens (tertiary/aromatic N) is 1. The highest BCUT2D eigenvalue weighted by Gasteiger charge is 2.07. The first-order chi connectivity index (χ1) is 11.9. The van der Waals surface area contributed by atoms with E-state index in [1.54, 1.807) is 36.4 Å². The Morgan fingerprint density at radius 3 is 2.36 bits per heavy atom. The molecule has 2 rings (SSSR count). The van der Waals surface area contributed by atoms with Crippen LogP contribution in [0.3, 0.4) is 0 Å². The first kappa shape index (κ1) is 18.8. The first-order valence-electron chi connectivity index (χ1n) is 7.95. The van der Waals surface area contributed by atoms with Crippen LogP contribution in [0, 0.1) is 13.8 Å². The van der Waals surface area contributed by atoms with Crippen molar-refractivity contribution in [2.45, 2.75) is 27.2 Å². The standard InChI is InChI=1S/C19H21ClN2O3/c1-4-17(14-5-7-15(23)8-6-14)21-22-18(24)11-25-16-9-12(2)19(20)13(3)10-16/h5-10,23H,4,11H2,1-3H3,(H,22,24)/b21-17+. The fourth-order valence-electron chi connectivity index (χ4n) is 2.30. The van der Waals surface area contributed by atoms with Crippen molar-refractivity contribution in [1.29, 1.82) is 0 Å². The number of rotatable bonds is 6. The summed E-state index contributed by atoms with van der Waals surface area (Å²) in [4.78, 5) is 11.9. The van der Waals surface area contributed by atoms with Gasteiger partial charge in [0.25, 0.3) is 5.91 Å². The number of carbonyl (C=O) groups excluding carboxylic acids is 1. The molecule has 2 aromatic rings. The number of hydrogen-bond donors (Lipinski definition) is 2. The van der Waals surface area contributed by atoms with E-state index in [1.165, 1.54) is 0 Å². The molecule has 0 heterocycles. The third-order valence-electron chi connectivity index (χ3n) is 3.63. The van der Waals surface area contributed by atoms with Crippen LogP contribution in [0.1, 0.15) is 30.0 Å². The van der Waals surface area contributed by atoms with Crippen LogP contribution in [0.4, 0.5) is 0 Å². The number of ether oxygens (including phenoxy) is 1. The van der Waals surface area contributed by atoms with Crippen molar-refractivity contribution in [1.82, 2.24) is 5.43 Å². The Kier molecular flexibility index (Phi) is 6.42. The summed E-state index contributed by atoms with van der Waals surface area (Å²) in [6.45, 7) is 5.57. The fraction of sp³-hybridized carbons (Fsp3) is 0.263. The minimum atomic E-state index is -0.352. The summed E-state index contributed by atoms with van der Waals surface area (Å²) in [6, 6.07) is 10.2. The van der Waals surface area contributed by atoms with Gasteiger partial charge in [-0.2, -0.15) is 5.10 Å². The van der Waals surface area contributed by atoms with Crippen LogP contribution in [-0.4, -0.2) is 23.3 Å². The maximum absolute atomic E-state index is 11.9. The minimum absolute atomic E-state index is 0.142. The molecule has 0 saturated heterocycles. The Hall–Kier alpha value is -2.53. The molecule has 0 radical (unpaired) electrons. The Balaban J connectivity index is 1.96. The van der Waals surface area contributed by atoms with Gasteiger partial charge >= 0.3 is 0 Å². The van der Waals surface area contributed by atoms with Crippen LogP contribution in [0.5, 0.6) is 11.5 Å². The number of aryl methyl sites for hydroxylation is 2. The third kappa shape index (κ3) is 5.22. The summed E-state index contributed by atoms with van der Waals surface area (Å²) < 4.78 is 5.50. The number of nitrogens with one attached hydrogen (secondary N) is 1. The van der Waals surface area contributed by atoms with Gasteiger partial charge in [-0.05, 0) is 73.4 Å². The van der Waals surface area contributed by atoms with Gasteiger partial charge in [0.15, 0.2) is 6.61 Å². The number of halogens is 1. The number of benzene rings is 2. The fourth-order valence-corrected chi connectivity index (χ4v) is 2.41. The predicted molar refractivity (Wildman–Crippen MR) is 99.5 cm³/mol. The van der Waals surface area contributed by atoms with Gasteiger partial charge in [0.05, 0.1) is 5.71 Å². The summed E-state index contributed by atoms with van der Waals surface area (Å²) in [5, 5.41) is 14.2. The van der Waals surface area contributed by atoms with Crippen molar-refractivity contribution in [3.8, 4) is 11.5 Å². The molecule has 0 atom stereocenters. The van der Waals surface area contributed by atoms with E-state index in [0.29, 0.717) is 22.9 Å². The highest BCUT2D eigenvalue weighted by Crippen LogP contribution is 2.25. The molecule has 0 unspecified atom stereocenters. The quantitative estimate of drug-likeness (QED) is 0.604. The van der Waals surface area contributed by atoms with E-state index in [1.807, 2.05) is 20.8 Å². The average Bonchev–Trinajstić information content (AvgIpc) is 2.59. The lowest BCUT2D eigenvalue weighted by molar-refractivity contribution is -0.123. The van der Waals surface area contributed by atoms with Crippen LogP contribution in [0.25, 0.3) is 0 Å². The molecule has 5 nitrogen and oxygen atoms in total. The Morgan fingerprint density at radius 1 is 1.20 bits per heavy atom. The summed E-state index contributed by atoms with van der Waals surface area (Å²) in [6.07, 6.45) is 0.640. The molecule has 2 N–H and O–H groups in total. The van der Waals surface area contributed by atoms with Crippen LogP contribution in [-0.2, 0) is 4.79 Å². The van der Waals surface area contributed by atoms with E-state index in [0.717, 1.165) is 16.7 Å². The monoisotopic (exact) mass is 360 g/mol. The molecular formula is C19H21ClN2O3. The number of phenolic OH excluding ortho intramolecular Hbond substituents is 1. The van der Waals surface area contributed by atoms with Gasteiger partial charge in [0, 0.05) is 5.02 Å². The van der Waals surface area contributed by atoms with Gasteiger partial charge in [-0.25, -0.2) is 5.43 Å². The van der Waals surface area contributed by atoms with Crippen molar-refractivity contribution in [3.63, 3.8) is 0 Å². The van der Waals surface area contributed by atoms with Crippen molar-refractivity contribution in [2.24, 2.45) is 5.10 Å². The molecule has 0 aliphatic rings. The van der Waals surface area contributed by atoms with Crippen molar-refractivity contribution in [2.75, 3.05) is 6.61 Å². The zero-order chi connectivity index (χ0) is 18.4. The maximum atomic E-state index is 11.9. The SMILES string of the molecule is CC/C(=N\NC(=O)COc1cc(C)c(Cl)c(C)c1)c1ccc(O)cc1. The van der Waals surface area contributed by atoms with E-state index in [4.69, 9.17) is 16.3 Å². The largest absolute Gasteiger partial charge is 0.508 e. The second-order valence-electron chi connectivity index (χ2n) is 5.65. The molecule has 0 bridgehead atoms. The second kappa shape index (κ2) is 8.53. The molecule has 0 aromatic heterocycles. The molecule has 0 fully saturated rings. The van der Waals surface area contributed by atoms with E-state index >= 15 is 0 Å². The van der Waals surface area contributed by atoms with Crippen LogP contribution >= 0.6 is 11.6 Å². The van der Waals surface area contributed by atoms with E-state index in [9.17, 15) is 9.90 Å². The summed E-state index contributed by atoms with van der Waals surface area (Å²) in [5.41, 5.74) is 5.84.